The first-order valence-electron chi connectivity index (χ1n) is 4.43. The molecule has 0 fully saturated rings. The molecule has 16 heavy (non-hydrogen) atoms. The summed E-state index contributed by atoms with van der Waals surface area (Å²) in [5.41, 5.74) is 0.114. The van der Waals surface area contributed by atoms with Crippen LogP contribution in [0.3, 0.4) is 0 Å². The number of ether oxygens (including phenoxy) is 1. The van der Waals surface area contributed by atoms with E-state index >= 15 is 0 Å². The number of alkyl halides is 4. The largest absolute Gasteiger partial charge is 0.411 e. The number of halogens is 5. The predicted octanol–water partition coefficient (Wildman–Crippen LogP) is 3.84. The van der Waals surface area contributed by atoms with E-state index in [1.807, 2.05) is 0 Å². The lowest BCUT2D eigenvalue weighted by Gasteiger charge is -2.17. The molecule has 0 radical (unpaired) electrons. The van der Waals surface area contributed by atoms with E-state index in [1.54, 1.807) is 6.07 Å². The Hall–Kier alpha value is -0.620. The maximum absolute atomic E-state index is 13.3. The summed E-state index contributed by atoms with van der Waals surface area (Å²) in [7, 11) is 0. The fourth-order valence-electron chi connectivity index (χ4n) is 1.15. The van der Waals surface area contributed by atoms with Gasteiger partial charge in [-0.15, -0.1) is 0 Å². The summed E-state index contributed by atoms with van der Waals surface area (Å²) in [6, 6.07) is 5.60. The van der Waals surface area contributed by atoms with Gasteiger partial charge in [0.25, 0.3) is 0 Å². The topological polar surface area (TPSA) is 9.23 Å². The Bertz CT molecular complexity index is 340. The highest BCUT2D eigenvalue weighted by atomic mass is 79.9. The van der Waals surface area contributed by atoms with Crippen LogP contribution in [-0.2, 0) is 4.74 Å². The van der Waals surface area contributed by atoms with Gasteiger partial charge in [0.1, 0.15) is 12.4 Å². The van der Waals surface area contributed by atoms with Crippen molar-refractivity contribution >= 4 is 15.9 Å². The van der Waals surface area contributed by atoms with Gasteiger partial charge in [0, 0.05) is 10.9 Å². The van der Waals surface area contributed by atoms with Gasteiger partial charge in [-0.05, 0) is 6.07 Å². The van der Waals surface area contributed by atoms with Gasteiger partial charge in [-0.3, -0.25) is 0 Å². The van der Waals surface area contributed by atoms with Gasteiger partial charge in [0.05, 0.1) is 6.10 Å². The van der Waals surface area contributed by atoms with Crippen LogP contribution >= 0.6 is 15.9 Å². The van der Waals surface area contributed by atoms with Crippen molar-refractivity contribution in [2.75, 3.05) is 11.9 Å². The van der Waals surface area contributed by atoms with Gasteiger partial charge in [0.2, 0.25) is 0 Å². The van der Waals surface area contributed by atoms with Gasteiger partial charge in [-0.25, -0.2) is 4.39 Å². The summed E-state index contributed by atoms with van der Waals surface area (Å²) >= 11 is 3.00. The highest BCUT2D eigenvalue weighted by molar-refractivity contribution is 9.09. The average molecular weight is 301 g/mol. The van der Waals surface area contributed by atoms with E-state index in [-0.39, 0.29) is 10.9 Å². The first-order valence-corrected chi connectivity index (χ1v) is 5.55. The minimum atomic E-state index is -4.41. The molecule has 0 aliphatic rings. The molecule has 90 valence electrons. The van der Waals surface area contributed by atoms with Crippen molar-refractivity contribution in [3.05, 3.63) is 35.6 Å². The van der Waals surface area contributed by atoms with E-state index in [1.165, 1.54) is 18.2 Å². The lowest BCUT2D eigenvalue weighted by atomic mass is 10.1. The smallest absolute Gasteiger partial charge is 0.363 e. The van der Waals surface area contributed by atoms with Crippen molar-refractivity contribution in [2.24, 2.45) is 0 Å². The van der Waals surface area contributed by atoms with E-state index in [2.05, 4.69) is 20.7 Å². The third-order valence-electron chi connectivity index (χ3n) is 1.84. The summed E-state index contributed by atoms with van der Waals surface area (Å²) in [6.45, 7) is -1.39. The zero-order valence-corrected chi connectivity index (χ0v) is 9.69. The van der Waals surface area contributed by atoms with Crippen LogP contribution in [0.4, 0.5) is 17.6 Å². The molecule has 1 rings (SSSR count). The van der Waals surface area contributed by atoms with Crippen LogP contribution in [0.15, 0.2) is 24.3 Å². The highest BCUT2D eigenvalue weighted by Gasteiger charge is 2.30. The highest BCUT2D eigenvalue weighted by Crippen LogP contribution is 2.25. The molecule has 6 heteroatoms. The average Bonchev–Trinajstić information content (AvgIpc) is 2.20. The number of hydrogen-bond donors (Lipinski definition) is 0. The summed E-state index contributed by atoms with van der Waals surface area (Å²) in [5.74, 6) is -0.575. The molecule has 0 spiro atoms. The monoisotopic (exact) mass is 300 g/mol. The zero-order valence-electron chi connectivity index (χ0n) is 8.10. The van der Waals surface area contributed by atoms with Crippen LogP contribution in [-0.4, -0.2) is 18.1 Å². The quantitative estimate of drug-likeness (QED) is 0.606. The van der Waals surface area contributed by atoms with Gasteiger partial charge < -0.3 is 4.74 Å². The molecule has 0 aliphatic carbocycles. The molecule has 0 saturated heterocycles. The summed E-state index contributed by atoms with van der Waals surface area (Å²) < 4.78 is 53.7. The standard InChI is InChI=1S/C10H9BrF4O/c11-5-9(16-6-10(13,14)15)7-3-1-2-4-8(7)12/h1-4,9H,5-6H2. The summed E-state index contributed by atoms with van der Waals surface area (Å²) in [4.78, 5) is 0. The molecule has 1 aromatic carbocycles. The van der Waals surface area contributed by atoms with E-state index in [4.69, 9.17) is 0 Å². The molecular formula is C10H9BrF4O. The Morgan fingerprint density at radius 1 is 1.25 bits per heavy atom. The van der Waals surface area contributed by atoms with E-state index in [0.717, 1.165) is 0 Å². The normalized spacial score (nSPS) is 13.8. The molecule has 1 unspecified atom stereocenters. The Balaban J connectivity index is 2.72. The molecule has 0 aliphatic heterocycles. The Kier molecular flexibility index (Phi) is 4.73. The Morgan fingerprint density at radius 2 is 1.88 bits per heavy atom. The van der Waals surface area contributed by atoms with Gasteiger partial charge in [-0.1, -0.05) is 34.1 Å². The molecule has 0 bridgehead atoms. The zero-order chi connectivity index (χ0) is 12.2. The van der Waals surface area contributed by atoms with Crippen molar-refractivity contribution in [1.82, 2.24) is 0 Å². The first kappa shape index (κ1) is 13.4. The van der Waals surface area contributed by atoms with E-state index in [9.17, 15) is 17.6 Å². The van der Waals surface area contributed by atoms with Crippen LogP contribution in [0.1, 0.15) is 11.7 Å². The van der Waals surface area contributed by atoms with Crippen molar-refractivity contribution < 1.29 is 22.3 Å². The van der Waals surface area contributed by atoms with Crippen LogP contribution in [0.25, 0.3) is 0 Å². The van der Waals surface area contributed by atoms with Crippen molar-refractivity contribution in [2.45, 2.75) is 12.3 Å². The van der Waals surface area contributed by atoms with Crippen LogP contribution in [0.5, 0.6) is 0 Å². The molecule has 0 N–H and O–H groups in total. The molecule has 0 heterocycles. The molecular weight excluding hydrogens is 292 g/mol. The lowest BCUT2D eigenvalue weighted by molar-refractivity contribution is -0.184. The third-order valence-corrected chi connectivity index (χ3v) is 2.43. The van der Waals surface area contributed by atoms with Crippen molar-refractivity contribution in [3.63, 3.8) is 0 Å². The molecule has 1 nitrogen and oxygen atoms in total. The van der Waals surface area contributed by atoms with Crippen LogP contribution in [0, 0.1) is 5.82 Å². The fraction of sp³-hybridized carbons (Fsp3) is 0.400. The number of rotatable bonds is 4. The molecule has 0 aromatic heterocycles. The Labute approximate surface area is 98.5 Å². The number of benzene rings is 1. The maximum Gasteiger partial charge on any atom is 0.411 e. The molecule has 1 aromatic rings. The van der Waals surface area contributed by atoms with Gasteiger partial charge in [-0.2, -0.15) is 13.2 Å². The van der Waals surface area contributed by atoms with Gasteiger partial charge >= 0.3 is 6.18 Å². The molecule has 0 amide bonds. The van der Waals surface area contributed by atoms with Crippen molar-refractivity contribution in [1.29, 1.82) is 0 Å². The summed E-state index contributed by atoms with van der Waals surface area (Å²) in [5, 5.41) is 0.101. The lowest BCUT2D eigenvalue weighted by Crippen LogP contribution is -2.20. The minimum absolute atomic E-state index is 0.101. The maximum atomic E-state index is 13.3. The second kappa shape index (κ2) is 5.63. The van der Waals surface area contributed by atoms with E-state index < -0.39 is 24.7 Å². The van der Waals surface area contributed by atoms with E-state index in [0.29, 0.717) is 0 Å². The van der Waals surface area contributed by atoms with Gasteiger partial charge in [0.15, 0.2) is 0 Å². The van der Waals surface area contributed by atoms with Crippen LogP contribution in [0.2, 0.25) is 0 Å². The fourth-order valence-corrected chi connectivity index (χ4v) is 1.68. The predicted molar refractivity (Wildman–Crippen MR) is 54.9 cm³/mol. The summed E-state index contributed by atoms with van der Waals surface area (Å²) in [6.07, 6.45) is -5.35. The SMILES string of the molecule is Fc1ccccc1C(CBr)OCC(F)(F)F. The second-order valence-corrected chi connectivity index (χ2v) is 3.74. The molecule has 1 atom stereocenters. The molecule has 0 saturated carbocycles. The Morgan fingerprint density at radius 3 is 2.38 bits per heavy atom. The first-order chi connectivity index (χ1) is 7.44. The van der Waals surface area contributed by atoms with Crippen LogP contribution < -0.4 is 0 Å². The third kappa shape index (κ3) is 4.09. The van der Waals surface area contributed by atoms with Crippen molar-refractivity contribution in [3.8, 4) is 0 Å². The second-order valence-electron chi connectivity index (χ2n) is 3.09. The minimum Gasteiger partial charge on any atom is -0.363 e. The number of hydrogen-bond acceptors (Lipinski definition) is 1.